The van der Waals surface area contributed by atoms with Crippen LogP contribution in [0, 0.1) is 21.7 Å². The van der Waals surface area contributed by atoms with E-state index in [0.717, 1.165) is 5.56 Å². The highest BCUT2D eigenvalue weighted by atomic mass is 35.5. The Hall–Kier alpha value is -1.92. The number of benzene rings is 2. The third-order valence-corrected chi connectivity index (χ3v) is 3.17. The number of rotatable bonds is 4. The summed E-state index contributed by atoms with van der Waals surface area (Å²) in [4.78, 5) is 9.47. The SMILES string of the molecule is O=[N+]([O-])c1cc(F)c(Oc2ccc(CCl)cc2Cl)cc1F. The fraction of sp³-hybridized carbons (Fsp3) is 0.0769. The number of nitro benzene ring substituents is 1. The van der Waals surface area contributed by atoms with Gasteiger partial charge in [0.2, 0.25) is 5.82 Å². The number of ether oxygens (including phenoxy) is 1. The van der Waals surface area contributed by atoms with Crippen LogP contribution in [0.25, 0.3) is 0 Å². The summed E-state index contributed by atoms with van der Waals surface area (Å²) in [5.41, 5.74) is -0.243. The van der Waals surface area contributed by atoms with Gasteiger partial charge in [0, 0.05) is 11.9 Å². The fourth-order valence-corrected chi connectivity index (χ4v) is 1.97. The molecular weight excluding hydrogens is 327 g/mol. The molecule has 110 valence electrons. The summed E-state index contributed by atoms with van der Waals surface area (Å²) in [7, 11) is 0. The van der Waals surface area contributed by atoms with Gasteiger partial charge in [0.1, 0.15) is 5.75 Å². The molecule has 0 aliphatic carbocycles. The van der Waals surface area contributed by atoms with Crippen molar-refractivity contribution in [3.8, 4) is 11.5 Å². The zero-order valence-electron chi connectivity index (χ0n) is 10.3. The van der Waals surface area contributed by atoms with Crippen molar-refractivity contribution in [2.45, 2.75) is 5.88 Å². The highest BCUT2D eigenvalue weighted by molar-refractivity contribution is 6.32. The van der Waals surface area contributed by atoms with Crippen LogP contribution in [0.15, 0.2) is 30.3 Å². The predicted molar refractivity (Wildman–Crippen MR) is 74.1 cm³/mol. The number of nitro groups is 1. The van der Waals surface area contributed by atoms with Gasteiger partial charge in [-0.15, -0.1) is 11.6 Å². The summed E-state index contributed by atoms with van der Waals surface area (Å²) in [5, 5.41) is 10.7. The first-order valence-corrected chi connectivity index (χ1v) is 6.49. The predicted octanol–water partition coefficient (Wildman–Crippen LogP) is 5.06. The third kappa shape index (κ3) is 3.40. The quantitative estimate of drug-likeness (QED) is 0.446. The number of hydrogen-bond acceptors (Lipinski definition) is 3. The Morgan fingerprint density at radius 1 is 1.14 bits per heavy atom. The molecule has 2 rings (SSSR count). The number of nitrogens with zero attached hydrogens (tertiary/aromatic N) is 1. The summed E-state index contributed by atoms with van der Waals surface area (Å²) in [6, 6.07) is 5.61. The van der Waals surface area contributed by atoms with Crippen molar-refractivity contribution in [3.05, 3.63) is 62.7 Å². The van der Waals surface area contributed by atoms with E-state index in [9.17, 15) is 18.9 Å². The fourth-order valence-electron chi connectivity index (χ4n) is 1.56. The topological polar surface area (TPSA) is 52.4 Å². The first-order chi connectivity index (χ1) is 9.92. The Morgan fingerprint density at radius 3 is 2.43 bits per heavy atom. The van der Waals surface area contributed by atoms with Gasteiger partial charge in [-0.05, 0) is 17.7 Å². The number of hydrogen-bond donors (Lipinski definition) is 0. The molecule has 0 atom stereocenters. The van der Waals surface area contributed by atoms with Crippen molar-refractivity contribution < 1.29 is 18.4 Å². The van der Waals surface area contributed by atoms with Crippen LogP contribution in [0.1, 0.15) is 5.56 Å². The van der Waals surface area contributed by atoms with Crippen molar-refractivity contribution in [3.63, 3.8) is 0 Å². The molecule has 0 heterocycles. The highest BCUT2D eigenvalue weighted by Crippen LogP contribution is 2.34. The average molecular weight is 334 g/mol. The molecule has 0 spiro atoms. The standard InChI is InChI=1S/C13H7Cl2F2NO3/c14-6-7-1-2-12(8(15)3-7)21-13-5-9(16)11(18(19)20)4-10(13)17/h1-5H,6H2. The van der Waals surface area contributed by atoms with Crippen molar-refractivity contribution >= 4 is 28.9 Å². The molecule has 4 nitrogen and oxygen atoms in total. The van der Waals surface area contributed by atoms with E-state index in [2.05, 4.69) is 0 Å². The van der Waals surface area contributed by atoms with Crippen LogP contribution >= 0.6 is 23.2 Å². The van der Waals surface area contributed by atoms with E-state index in [1.807, 2.05) is 0 Å². The Morgan fingerprint density at radius 2 is 1.86 bits per heavy atom. The van der Waals surface area contributed by atoms with Crippen molar-refractivity contribution in [2.24, 2.45) is 0 Å². The van der Waals surface area contributed by atoms with Crippen LogP contribution < -0.4 is 4.74 Å². The monoisotopic (exact) mass is 333 g/mol. The molecule has 8 heteroatoms. The molecule has 0 amide bonds. The molecule has 0 aromatic heterocycles. The molecule has 0 saturated heterocycles. The molecular formula is C13H7Cl2F2NO3. The van der Waals surface area contributed by atoms with Crippen LogP contribution in [-0.4, -0.2) is 4.92 Å². The van der Waals surface area contributed by atoms with Crippen molar-refractivity contribution in [1.29, 1.82) is 0 Å². The minimum atomic E-state index is -1.20. The second kappa shape index (κ2) is 6.24. The van der Waals surface area contributed by atoms with Crippen molar-refractivity contribution in [2.75, 3.05) is 0 Å². The molecule has 0 radical (unpaired) electrons. The first-order valence-electron chi connectivity index (χ1n) is 5.58. The molecule has 0 unspecified atom stereocenters. The largest absolute Gasteiger partial charge is 0.453 e. The van der Waals surface area contributed by atoms with E-state index in [-0.39, 0.29) is 16.7 Å². The molecule has 0 bridgehead atoms. The lowest BCUT2D eigenvalue weighted by atomic mass is 10.2. The van der Waals surface area contributed by atoms with E-state index in [1.54, 1.807) is 6.07 Å². The van der Waals surface area contributed by atoms with Crippen LogP contribution in [0.2, 0.25) is 5.02 Å². The number of halogens is 4. The van der Waals surface area contributed by atoms with E-state index in [1.165, 1.54) is 12.1 Å². The zero-order chi connectivity index (χ0) is 15.6. The lowest BCUT2D eigenvalue weighted by molar-refractivity contribution is -0.387. The Balaban J connectivity index is 2.36. The maximum absolute atomic E-state index is 13.7. The summed E-state index contributed by atoms with van der Waals surface area (Å²) in [6.45, 7) is 0. The molecule has 0 aliphatic heterocycles. The summed E-state index contributed by atoms with van der Waals surface area (Å²) < 4.78 is 32.3. The smallest absolute Gasteiger partial charge is 0.307 e. The molecule has 0 N–H and O–H groups in total. The highest BCUT2D eigenvalue weighted by Gasteiger charge is 2.20. The minimum absolute atomic E-state index is 0.0812. The minimum Gasteiger partial charge on any atom is -0.453 e. The van der Waals surface area contributed by atoms with Gasteiger partial charge in [0.15, 0.2) is 11.6 Å². The van der Waals surface area contributed by atoms with Gasteiger partial charge >= 0.3 is 5.69 Å². The van der Waals surface area contributed by atoms with E-state index in [0.29, 0.717) is 12.1 Å². The van der Waals surface area contributed by atoms with Gasteiger partial charge in [-0.1, -0.05) is 17.7 Å². The average Bonchev–Trinajstić information content (AvgIpc) is 2.44. The van der Waals surface area contributed by atoms with Gasteiger partial charge in [-0.2, -0.15) is 4.39 Å². The molecule has 2 aromatic rings. The second-order valence-corrected chi connectivity index (χ2v) is 4.67. The summed E-state index contributed by atoms with van der Waals surface area (Å²) >= 11 is 11.6. The molecule has 21 heavy (non-hydrogen) atoms. The molecule has 0 aliphatic rings. The number of alkyl halides is 1. The van der Waals surface area contributed by atoms with Crippen LogP contribution in [0.3, 0.4) is 0 Å². The van der Waals surface area contributed by atoms with Crippen LogP contribution in [0.5, 0.6) is 11.5 Å². The van der Waals surface area contributed by atoms with E-state index < -0.39 is 28.0 Å². The van der Waals surface area contributed by atoms with Gasteiger partial charge in [-0.25, -0.2) is 4.39 Å². The lowest BCUT2D eigenvalue weighted by Crippen LogP contribution is -1.97. The lowest BCUT2D eigenvalue weighted by Gasteiger charge is -2.09. The first kappa shape index (κ1) is 15.5. The Bertz CT molecular complexity index is 710. The van der Waals surface area contributed by atoms with E-state index in [4.69, 9.17) is 27.9 Å². The van der Waals surface area contributed by atoms with Crippen LogP contribution in [-0.2, 0) is 5.88 Å². The third-order valence-electron chi connectivity index (χ3n) is 2.57. The zero-order valence-corrected chi connectivity index (χ0v) is 11.8. The molecule has 0 fully saturated rings. The second-order valence-electron chi connectivity index (χ2n) is 3.99. The Labute approximate surface area is 128 Å². The summed E-state index contributed by atoms with van der Waals surface area (Å²) in [6.07, 6.45) is 0. The molecule has 0 saturated carbocycles. The van der Waals surface area contributed by atoms with Crippen molar-refractivity contribution in [1.82, 2.24) is 0 Å². The summed E-state index contributed by atoms with van der Waals surface area (Å²) in [5.74, 6) is -2.46. The van der Waals surface area contributed by atoms with Gasteiger partial charge in [0.25, 0.3) is 0 Å². The van der Waals surface area contributed by atoms with Gasteiger partial charge in [0.05, 0.1) is 16.0 Å². The maximum Gasteiger partial charge on any atom is 0.307 e. The maximum atomic E-state index is 13.7. The Kier molecular flexibility index (Phi) is 4.59. The van der Waals surface area contributed by atoms with E-state index >= 15 is 0 Å². The van der Waals surface area contributed by atoms with Gasteiger partial charge < -0.3 is 4.74 Å². The van der Waals surface area contributed by atoms with Crippen LogP contribution in [0.4, 0.5) is 14.5 Å². The van der Waals surface area contributed by atoms with Gasteiger partial charge in [-0.3, -0.25) is 10.1 Å². The molecule has 2 aromatic carbocycles. The normalized spacial score (nSPS) is 10.5.